The quantitative estimate of drug-likeness (QED) is 0.626. The average molecular weight is 495 g/mol. The van der Waals surface area contributed by atoms with E-state index in [1.807, 2.05) is 18.2 Å². The van der Waals surface area contributed by atoms with Crippen molar-refractivity contribution in [2.75, 3.05) is 46.1 Å². The van der Waals surface area contributed by atoms with E-state index in [1.54, 1.807) is 0 Å². The maximum Gasteiger partial charge on any atom is 0.243 e. The molecule has 0 radical (unpaired) electrons. The number of ether oxygens (including phenoxy) is 3. The van der Waals surface area contributed by atoms with Gasteiger partial charge in [-0.1, -0.05) is 6.07 Å². The Balaban J connectivity index is 1.40. The largest absolute Gasteiger partial charge is 0.486 e. The molecule has 9 nitrogen and oxygen atoms in total. The molecule has 11 heteroatoms. The Bertz CT molecular complexity index is 1220. The van der Waals surface area contributed by atoms with Gasteiger partial charge < -0.3 is 14.2 Å². The van der Waals surface area contributed by atoms with Crippen molar-refractivity contribution in [1.29, 1.82) is 0 Å². The van der Waals surface area contributed by atoms with Gasteiger partial charge in [-0.25, -0.2) is 16.8 Å². The van der Waals surface area contributed by atoms with Crippen LogP contribution in [0.1, 0.15) is 24.4 Å². The Labute approximate surface area is 194 Å². The average Bonchev–Trinajstić information content (AvgIpc) is 3.35. The topological polar surface area (TPSA) is 102 Å². The van der Waals surface area contributed by atoms with Crippen LogP contribution in [0, 0.1) is 0 Å². The third-order valence-corrected chi connectivity index (χ3v) is 10.0. The highest BCUT2D eigenvalue weighted by molar-refractivity contribution is 7.89. The van der Waals surface area contributed by atoms with Crippen molar-refractivity contribution in [2.45, 2.75) is 28.7 Å². The van der Waals surface area contributed by atoms with Crippen LogP contribution in [0.5, 0.6) is 11.5 Å². The van der Waals surface area contributed by atoms with Gasteiger partial charge in [-0.05, 0) is 54.8 Å². The minimum Gasteiger partial charge on any atom is -0.486 e. The van der Waals surface area contributed by atoms with E-state index in [0.717, 1.165) is 12.0 Å². The number of hydrogen-bond donors (Lipinski definition) is 0. The van der Waals surface area contributed by atoms with Crippen LogP contribution in [-0.2, 0) is 24.8 Å². The molecule has 178 valence electrons. The lowest BCUT2D eigenvalue weighted by Crippen LogP contribution is -2.40. The van der Waals surface area contributed by atoms with Gasteiger partial charge in [0.2, 0.25) is 20.0 Å². The number of benzene rings is 2. The summed E-state index contributed by atoms with van der Waals surface area (Å²) in [5, 5.41) is 0. The van der Waals surface area contributed by atoms with E-state index in [0.29, 0.717) is 50.9 Å². The standard InChI is InChI=1S/C22H26N2O7S2/c25-32(26,23-10-12-29-13-11-23)18-4-6-19(7-5-18)33(27,28)24-9-1-2-20(24)17-3-8-21-22(16-17)31-15-14-30-21/h3-8,16,20H,1-2,9-15H2/t20-/m1/s1. The fourth-order valence-electron chi connectivity index (χ4n) is 4.48. The molecule has 0 saturated carbocycles. The minimum absolute atomic E-state index is 0.0767. The Hall–Kier alpha value is -2.18. The summed E-state index contributed by atoms with van der Waals surface area (Å²) < 4.78 is 71.9. The molecule has 33 heavy (non-hydrogen) atoms. The van der Waals surface area contributed by atoms with Gasteiger partial charge in [0.05, 0.1) is 29.0 Å². The van der Waals surface area contributed by atoms with Crippen molar-refractivity contribution in [1.82, 2.24) is 8.61 Å². The van der Waals surface area contributed by atoms with Gasteiger partial charge in [0, 0.05) is 19.6 Å². The molecule has 2 aromatic carbocycles. The zero-order chi connectivity index (χ0) is 23.1. The highest BCUT2D eigenvalue weighted by Crippen LogP contribution is 2.40. The maximum absolute atomic E-state index is 13.5. The molecule has 0 unspecified atom stereocenters. The molecule has 0 aromatic heterocycles. The van der Waals surface area contributed by atoms with E-state index in [9.17, 15) is 16.8 Å². The molecule has 2 aromatic rings. The molecule has 0 aliphatic carbocycles. The van der Waals surface area contributed by atoms with Gasteiger partial charge in [-0.3, -0.25) is 0 Å². The van der Waals surface area contributed by atoms with Crippen LogP contribution in [0.4, 0.5) is 0 Å². The molecule has 5 rings (SSSR count). The van der Waals surface area contributed by atoms with Crippen molar-refractivity contribution in [3.05, 3.63) is 48.0 Å². The van der Waals surface area contributed by atoms with Crippen molar-refractivity contribution in [2.24, 2.45) is 0 Å². The van der Waals surface area contributed by atoms with Crippen LogP contribution in [0.25, 0.3) is 0 Å². The predicted molar refractivity (Wildman–Crippen MR) is 119 cm³/mol. The fourth-order valence-corrected chi connectivity index (χ4v) is 7.57. The summed E-state index contributed by atoms with van der Waals surface area (Å²) in [6.07, 6.45) is 1.43. The van der Waals surface area contributed by atoms with E-state index in [1.165, 1.54) is 32.9 Å². The summed E-state index contributed by atoms with van der Waals surface area (Å²) in [7, 11) is -7.50. The normalized spacial score (nSPS) is 22.4. The smallest absolute Gasteiger partial charge is 0.243 e. The first-order valence-corrected chi connectivity index (χ1v) is 13.8. The second-order valence-electron chi connectivity index (χ2n) is 8.16. The SMILES string of the molecule is O=S(=O)(c1ccc(S(=O)(=O)N2CCC[C@@H]2c2ccc3c(c2)OCCO3)cc1)N1CCOCC1. The van der Waals surface area contributed by atoms with Crippen LogP contribution in [0.2, 0.25) is 0 Å². The lowest BCUT2D eigenvalue weighted by Gasteiger charge is -2.27. The van der Waals surface area contributed by atoms with E-state index in [2.05, 4.69) is 0 Å². The molecule has 2 fully saturated rings. The zero-order valence-electron chi connectivity index (χ0n) is 18.1. The highest BCUT2D eigenvalue weighted by atomic mass is 32.2. The first-order chi connectivity index (χ1) is 15.9. The molecule has 3 aliphatic heterocycles. The fraction of sp³-hybridized carbons (Fsp3) is 0.455. The number of sulfonamides is 2. The first-order valence-electron chi connectivity index (χ1n) is 11.0. The molecule has 0 N–H and O–H groups in total. The summed E-state index contributed by atoms with van der Waals surface area (Å²) in [5.41, 5.74) is 0.854. The van der Waals surface area contributed by atoms with E-state index < -0.39 is 20.0 Å². The van der Waals surface area contributed by atoms with Gasteiger partial charge in [-0.15, -0.1) is 0 Å². The van der Waals surface area contributed by atoms with Crippen molar-refractivity contribution >= 4 is 20.0 Å². The number of morpholine rings is 1. The van der Waals surface area contributed by atoms with Gasteiger partial charge in [0.1, 0.15) is 13.2 Å². The molecular weight excluding hydrogens is 468 g/mol. The molecule has 0 spiro atoms. The lowest BCUT2D eigenvalue weighted by molar-refractivity contribution is 0.0730. The summed E-state index contributed by atoms with van der Waals surface area (Å²) in [6, 6.07) is 10.7. The maximum atomic E-state index is 13.5. The monoisotopic (exact) mass is 494 g/mol. The lowest BCUT2D eigenvalue weighted by atomic mass is 10.0. The molecule has 3 aliphatic rings. The van der Waals surface area contributed by atoms with Gasteiger partial charge in [-0.2, -0.15) is 8.61 Å². The van der Waals surface area contributed by atoms with Gasteiger partial charge in [0.15, 0.2) is 11.5 Å². The van der Waals surface area contributed by atoms with Crippen LogP contribution >= 0.6 is 0 Å². The van der Waals surface area contributed by atoms with Gasteiger partial charge >= 0.3 is 0 Å². The van der Waals surface area contributed by atoms with E-state index in [-0.39, 0.29) is 28.9 Å². The van der Waals surface area contributed by atoms with E-state index >= 15 is 0 Å². The van der Waals surface area contributed by atoms with Crippen LogP contribution in [0.15, 0.2) is 52.3 Å². The molecule has 1 atom stereocenters. The second-order valence-corrected chi connectivity index (χ2v) is 12.0. The number of hydrogen-bond acceptors (Lipinski definition) is 7. The van der Waals surface area contributed by atoms with Crippen molar-refractivity contribution in [3.8, 4) is 11.5 Å². The summed E-state index contributed by atoms with van der Waals surface area (Å²) >= 11 is 0. The van der Waals surface area contributed by atoms with Gasteiger partial charge in [0.25, 0.3) is 0 Å². The Morgan fingerprint density at radius 1 is 0.727 bits per heavy atom. The second kappa shape index (κ2) is 8.88. The Kier molecular flexibility index (Phi) is 6.08. The molecule has 3 heterocycles. The van der Waals surface area contributed by atoms with Crippen LogP contribution in [-0.4, -0.2) is 71.5 Å². The zero-order valence-corrected chi connectivity index (χ0v) is 19.7. The molecule has 0 amide bonds. The Morgan fingerprint density at radius 2 is 1.36 bits per heavy atom. The van der Waals surface area contributed by atoms with Crippen LogP contribution in [0.3, 0.4) is 0 Å². The molecule has 2 saturated heterocycles. The molecular formula is C22H26N2O7S2. The summed E-state index contributed by atoms with van der Waals surface area (Å²) in [4.78, 5) is 0.154. The third kappa shape index (κ3) is 4.24. The third-order valence-electron chi connectivity index (χ3n) is 6.19. The number of fused-ring (bicyclic) bond motifs is 1. The van der Waals surface area contributed by atoms with Crippen molar-refractivity contribution in [3.63, 3.8) is 0 Å². The Morgan fingerprint density at radius 3 is 2.06 bits per heavy atom. The minimum atomic E-state index is -3.81. The highest BCUT2D eigenvalue weighted by Gasteiger charge is 2.37. The summed E-state index contributed by atoms with van der Waals surface area (Å²) in [5.74, 6) is 1.29. The van der Waals surface area contributed by atoms with Crippen molar-refractivity contribution < 1.29 is 31.0 Å². The van der Waals surface area contributed by atoms with E-state index in [4.69, 9.17) is 14.2 Å². The first kappa shape index (κ1) is 22.6. The number of rotatable bonds is 5. The number of nitrogens with zero attached hydrogens (tertiary/aromatic N) is 2. The predicted octanol–water partition coefficient (Wildman–Crippen LogP) is 2.00. The summed E-state index contributed by atoms with van der Waals surface area (Å²) in [6.45, 7) is 2.62. The molecule has 0 bridgehead atoms. The van der Waals surface area contributed by atoms with Crippen LogP contribution < -0.4 is 9.47 Å².